The van der Waals surface area contributed by atoms with E-state index in [-0.39, 0.29) is 11.8 Å². The number of hydrogen-bond acceptors (Lipinski definition) is 2. The first kappa shape index (κ1) is 20.4. The molecule has 0 aliphatic carbocycles. The SMILES string of the molecule is CCN(C(=O)c1ccc(NC(=O)c2ccc(C)cc2)cc1)c1cccc2ccccc12. The van der Waals surface area contributed by atoms with Crippen molar-refractivity contribution in [3.63, 3.8) is 0 Å². The van der Waals surface area contributed by atoms with Crippen LogP contribution in [0.4, 0.5) is 11.4 Å². The molecule has 0 fully saturated rings. The van der Waals surface area contributed by atoms with Gasteiger partial charge in [-0.25, -0.2) is 0 Å². The average Bonchev–Trinajstić information content (AvgIpc) is 2.80. The van der Waals surface area contributed by atoms with Crippen molar-refractivity contribution in [2.45, 2.75) is 13.8 Å². The molecule has 0 atom stereocenters. The third-order valence-electron chi connectivity index (χ3n) is 5.32. The molecule has 4 rings (SSSR count). The summed E-state index contributed by atoms with van der Waals surface area (Å²) in [6, 6.07) is 28.5. The number of rotatable bonds is 5. The molecular weight excluding hydrogens is 384 g/mol. The Kier molecular flexibility index (Phi) is 5.80. The maximum absolute atomic E-state index is 13.2. The Hall–Kier alpha value is -3.92. The minimum Gasteiger partial charge on any atom is -0.322 e. The van der Waals surface area contributed by atoms with Crippen LogP contribution in [0.5, 0.6) is 0 Å². The lowest BCUT2D eigenvalue weighted by atomic mass is 10.1. The number of fused-ring (bicyclic) bond motifs is 1. The van der Waals surface area contributed by atoms with Gasteiger partial charge >= 0.3 is 0 Å². The number of aryl methyl sites for hydroxylation is 1. The van der Waals surface area contributed by atoms with Crippen LogP contribution in [0.1, 0.15) is 33.2 Å². The second kappa shape index (κ2) is 8.84. The van der Waals surface area contributed by atoms with E-state index in [9.17, 15) is 9.59 Å². The van der Waals surface area contributed by atoms with E-state index in [1.807, 2.05) is 68.4 Å². The lowest BCUT2D eigenvalue weighted by Gasteiger charge is -2.23. The Labute approximate surface area is 182 Å². The normalized spacial score (nSPS) is 10.6. The molecule has 4 nitrogen and oxygen atoms in total. The van der Waals surface area contributed by atoms with Crippen LogP contribution < -0.4 is 10.2 Å². The van der Waals surface area contributed by atoms with Gasteiger partial charge in [-0.1, -0.05) is 54.1 Å². The number of benzene rings is 4. The Morgan fingerprint density at radius 2 is 1.42 bits per heavy atom. The summed E-state index contributed by atoms with van der Waals surface area (Å²) >= 11 is 0. The van der Waals surface area contributed by atoms with Gasteiger partial charge in [0.25, 0.3) is 11.8 Å². The van der Waals surface area contributed by atoms with Gasteiger partial charge in [-0.3, -0.25) is 9.59 Å². The average molecular weight is 409 g/mol. The minimum atomic E-state index is -0.176. The van der Waals surface area contributed by atoms with Crippen molar-refractivity contribution in [2.24, 2.45) is 0 Å². The summed E-state index contributed by atoms with van der Waals surface area (Å²) in [5, 5.41) is 5.02. The van der Waals surface area contributed by atoms with Crippen LogP contribution in [-0.4, -0.2) is 18.4 Å². The van der Waals surface area contributed by atoms with Crippen LogP contribution in [-0.2, 0) is 0 Å². The second-order valence-corrected chi connectivity index (χ2v) is 7.45. The molecule has 154 valence electrons. The van der Waals surface area contributed by atoms with Crippen molar-refractivity contribution in [1.82, 2.24) is 0 Å². The van der Waals surface area contributed by atoms with Crippen molar-refractivity contribution < 1.29 is 9.59 Å². The molecule has 4 heteroatoms. The van der Waals surface area contributed by atoms with Crippen molar-refractivity contribution in [1.29, 1.82) is 0 Å². The van der Waals surface area contributed by atoms with E-state index in [1.165, 1.54) is 0 Å². The van der Waals surface area contributed by atoms with Gasteiger partial charge in [-0.05, 0) is 61.7 Å². The van der Waals surface area contributed by atoms with E-state index in [2.05, 4.69) is 5.32 Å². The highest BCUT2D eigenvalue weighted by atomic mass is 16.2. The van der Waals surface area contributed by atoms with Crippen LogP contribution in [0.2, 0.25) is 0 Å². The second-order valence-electron chi connectivity index (χ2n) is 7.45. The van der Waals surface area contributed by atoms with E-state index in [0.29, 0.717) is 23.4 Å². The zero-order valence-electron chi connectivity index (χ0n) is 17.6. The molecule has 0 unspecified atom stereocenters. The van der Waals surface area contributed by atoms with Crippen LogP contribution >= 0.6 is 0 Å². The van der Waals surface area contributed by atoms with E-state index in [1.54, 1.807) is 41.3 Å². The molecule has 0 saturated carbocycles. The first-order valence-corrected chi connectivity index (χ1v) is 10.3. The fraction of sp³-hybridized carbons (Fsp3) is 0.111. The Balaban J connectivity index is 1.54. The molecule has 4 aromatic carbocycles. The summed E-state index contributed by atoms with van der Waals surface area (Å²) < 4.78 is 0. The summed E-state index contributed by atoms with van der Waals surface area (Å²) in [6.45, 7) is 4.50. The molecular formula is C27H24N2O2. The quantitative estimate of drug-likeness (QED) is 0.436. The Morgan fingerprint density at radius 1 is 0.774 bits per heavy atom. The minimum absolute atomic E-state index is 0.0738. The zero-order chi connectivity index (χ0) is 21.8. The van der Waals surface area contributed by atoms with Crippen LogP contribution in [0.25, 0.3) is 10.8 Å². The number of amides is 2. The smallest absolute Gasteiger partial charge is 0.258 e. The molecule has 0 aromatic heterocycles. The van der Waals surface area contributed by atoms with Gasteiger partial charge in [0.05, 0.1) is 5.69 Å². The lowest BCUT2D eigenvalue weighted by molar-refractivity contribution is 0.0987. The van der Waals surface area contributed by atoms with Crippen molar-refractivity contribution in [3.05, 3.63) is 108 Å². The zero-order valence-corrected chi connectivity index (χ0v) is 17.6. The number of nitrogens with zero attached hydrogens (tertiary/aromatic N) is 1. The fourth-order valence-corrected chi connectivity index (χ4v) is 3.63. The van der Waals surface area contributed by atoms with E-state index in [0.717, 1.165) is 22.0 Å². The van der Waals surface area contributed by atoms with E-state index < -0.39 is 0 Å². The van der Waals surface area contributed by atoms with Crippen molar-refractivity contribution in [3.8, 4) is 0 Å². The summed E-state index contributed by atoms with van der Waals surface area (Å²) in [7, 11) is 0. The van der Waals surface area contributed by atoms with Gasteiger partial charge in [0, 0.05) is 28.7 Å². The van der Waals surface area contributed by atoms with Crippen LogP contribution in [0, 0.1) is 6.92 Å². The summed E-state index contributed by atoms with van der Waals surface area (Å²) in [6.07, 6.45) is 0. The van der Waals surface area contributed by atoms with Crippen molar-refractivity contribution >= 4 is 34.0 Å². The molecule has 1 N–H and O–H groups in total. The number of carbonyl (C=O) groups excluding carboxylic acids is 2. The van der Waals surface area contributed by atoms with E-state index in [4.69, 9.17) is 0 Å². The third kappa shape index (κ3) is 4.33. The molecule has 0 radical (unpaired) electrons. The molecule has 0 aliphatic rings. The van der Waals surface area contributed by atoms with Crippen LogP contribution in [0.15, 0.2) is 91.0 Å². The topological polar surface area (TPSA) is 49.4 Å². The highest BCUT2D eigenvalue weighted by Gasteiger charge is 2.18. The summed E-state index contributed by atoms with van der Waals surface area (Å²) in [4.78, 5) is 27.4. The predicted molar refractivity (Wildman–Crippen MR) is 127 cm³/mol. The summed E-state index contributed by atoms with van der Waals surface area (Å²) in [5.74, 6) is -0.250. The third-order valence-corrected chi connectivity index (χ3v) is 5.32. The monoisotopic (exact) mass is 408 g/mol. The molecule has 0 heterocycles. The van der Waals surface area contributed by atoms with Crippen molar-refractivity contribution in [2.75, 3.05) is 16.8 Å². The largest absolute Gasteiger partial charge is 0.322 e. The van der Waals surface area contributed by atoms with Gasteiger partial charge in [0.1, 0.15) is 0 Å². The summed E-state index contributed by atoms with van der Waals surface area (Å²) in [5.41, 5.74) is 3.81. The Morgan fingerprint density at radius 3 is 2.13 bits per heavy atom. The highest BCUT2D eigenvalue weighted by molar-refractivity contribution is 6.11. The van der Waals surface area contributed by atoms with Gasteiger partial charge in [-0.15, -0.1) is 0 Å². The maximum Gasteiger partial charge on any atom is 0.258 e. The standard InChI is InChI=1S/C27H24N2O2/c1-3-29(25-10-6-8-20-7-4-5-9-24(20)25)27(31)22-15-17-23(18-16-22)28-26(30)21-13-11-19(2)12-14-21/h4-18H,3H2,1-2H3,(H,28,30). The number of hydrogen-bond donors (Lipinski definition) is 1. The number of anilines is 2. The molecule has 0 bridgehead atoms. The lowest BCUT2D eigenvalue weighted by Crippen LogP contribution is -2.30. The predicted octanol–water partition coefficient (Wildman–Crippen LogP) is 6.07. The molecule has 4 aromatic rings. The van der Waals surface area contributed by atoms with Gasteiger partial charge in [0.15, 0.2) is 0 Å². The number of carbonyl (C=O) groups is 2. The maximum atomic E-state index is 13.2. The molecule has 0 spiro atoms. The Bertz CT molecular complexity index is 1220. The van der Waals surface area contributed by atoms with Gasteiger partial charge in [-0.2, -0.15) is 0 Å². The fourth-order valence-electron chi connectivity index (χ4n) is 3.63. The van der Waals surface area contributed by atoms with Crippen LogP contribution in [0.3, 0.4) is 0 Å². The van der Waals surface area contributed by atoms with E-state index >= 15 is 0 Å². The molecule has 2 amide bonds. The van der Waals surface area contributed by atoms with Gasteiger partial charge in [0.2, 0.25) is 0 Å². The molecule has 0 aliphatic heterocycles. The first-order valence-electron chi connectivity index (χ1n) is 10.3. The van der Waals surface area contributed by atoms with Gasteiger partial charge < -0.3 is 10.2 Å². The molecule has 31 heavy (non-hydrogen) atoms. The molecule has 0 saturated heterocycles. The number of nitrogens with one attached hydrogen (secondary N) is 1. The first-order chi connectivity index (χ1) is 15.1. The highest BCUT2D eigenvalue weighted by Crippen LogP contribution is 2.28.